The molecule has 0 unspecified atom stereocenters. The van der Waals surface area contributed by atoms with Crippen LogP contribution in [0, 0.1) is 18.7 Å². The molecule has 3 aliphatic rings. The average molecular weight is 1030 g/mol. The Morgan fingerprint density at radius 1 is 0.986 bits per heavy atom. The Balaban J connectivity index is 0.882. The van der Waals surface area contributed by atoms with E-state index in [9.17, 15) is 43.5 Å². The number of nitrogens with two attached hydrogens (primary N) is 1. The van der Waals surface area contributed by atoms with Crippen molar-refractivity contribution in [3.8, 4) is 11.4 Å². The average Bonchev–Trinajstić information content (AvgIpc) is 3.73. The smallest absolute Gasteiger partial charge is 0.407 e. The van der Waals surface area contributed by atoms with Gasteiger partial charge in [-0.25, -0.2) is 23.8 Å². The summed E-state index contributed by atoms with van der Waals surface area (Å²) in [6, 6.07) is 6.57. The minimum absolute atomic E-state index is 0.0214. The molecule has 1 aliphatic carbocycles. The van der Waals surface area contributed by atoms with Crippen LogP contribution < -0.4 is 48.5 Å². The van der Waals surface area contributed by atoms with E-state index in [-0.39, 0.29) is 74.9 Å². The van der Waals surface area contributed by atoms with E-state index >= 15 is 4.39 Å². The lowest BCUT2D eigenvalue weighted by Crippen LogP contribution is -2.54. The molecule has 4 aromatic rings. The van der Waals surface area contributed by atoms with E-state index in [1.165, 1.54) is 10.6 Å². The van der Waals surface area contributed by atoms with Crippen molar-refractivity contribution in [2.45, 2.75) is 123 Å². The number of carbonyl (C=O) groups is 7. The third-order valence-electron chi connectivity index (χ3n) is 13.4. The first-order valence-electron chi connectivity index (χ1n) is 24.6. The standard InChI is InChI=1S/C51H63FN10O12/c1-7-51(71)33-17-38-44-31(20-62(38)47(67)32(33)22-73-48(51)68)42-35(15-14-30-27(6)34(52)18-37(60-44)41(30)42)59-40(64)23-72-24-56-39(63)19-55-50(70)74-21-28-10-12-29(13-11-28)58-45(65)36(9-8-16-54-49(53)69)61-46(66)43(25(2)3)57-26(4)5/h10-13,17-18,25-26,35-36,43,57,71H,7-9,14-16,19-24H2,1-6H3,(H,55,70)(H,56,63)(H,58,65)(H,59,64)(H,61,66)(H3,53,54,69)/t35-,36-,43-,51-/m0/s1. The Morgan fingerprint density at radius 3 is 2.42 bits per heavy atom. The number of halogens is 1. The first kappa shape index (κ1) is 54.3. The topological polar surface area (TPSA) is 313 Å². The third-order valence-corrected chi connectivity index (χ3v) is 13.4. The highest BCUT2D eigenvalue weighted by Gasteiger charge is 2.46. The number of hydrogen-bond acceptors (Lipinski definition) is 14. The molecule has 2 aliphatic heterocycles. The number of primary amides is 1. The number of nitrogens with one attached hydrogen (secondary N) is 7. The van der Waals surface area contributed by atoms with Crippen LogP contribution in [0.25, 0.3) is 22.3 Å². The van der Waals surface area contributed by atoms with Gasteiger partial charge in [0.15, 0.2) is 5.60 Å². The molecule has 0 saturated heterocycles. The highest BCUT2D eigenvalue weighted by molar-refractivity contribution is 5.98. The lowest BCUT2D eigenvalue weighted by Gasteiger charge is -2.31. The highest BCUT2D eigenvalue weighted by atomic mass is 19.1. The summed E-state index contributed by atoms with van der Waals surface area (Å²) < 4.78 is 32.7. The number of aryl methyl sites for hydroxylation is 1. The number of ether oxygens (including phenoxy) is 3. The van der Waals surface area contributed by atoms with Crippen molar-refractivity contribution in [3.63, 3.8) is 0 Å². The molecule has 0 bridgehead atoms. The Labute approximate surface area is 425 Å². The van der Waals surface area contributed by atoms with Gasteiger partial charge in [-0.3, -0.25) is 24.0 Å². The maximum atomic E-state index is 15.3. The van der Waals surface area contributed by atoms with Crippen LogP contribution >= 0.6 is 0 Å². The first-order chi connectivity index (χ1) is 35.2. The number of rotatable bonds is 21. The van der Waals surface area contributed by atoms with Gasteiger partial charge in [0.05, 0.1) is 41.1 Å². The zero-order chi connectivity index (χ0) is 53.6. The molecule has 4 atom stereocenters. The first-order valence-corrected chi connectivity index (χ1v) is 24.6. The molecule has 10 N–H and O–H groups in total. The van der Waals surface area contributed by atoms with Crippen LogP contribution in [-0.4, -0.2) is 101 Å². The fraction of sp³-hybridized carbons (Fsp3) is 0.471. The van der Waals surface area contributed by atoms with Gasteiger partial charge in [0.1, 0.15) is 45.0 Å². The van der Waals surface area contributed by atoms with Crippen molar-refractivity contribution in [2.75, 3.05) is 31.7 Å². The van der Waals surface area contributed by atoms with Crippen LogP contribution in [0.3, 0.4) is 0 Å². The summed E-state index contributed by atoms with van der Waals surface area (Å²) in [6.45, 7) is 9.41. The zero-order valence-corrected chi connectivity index (χ0v) is 42.1. The SMILES string of the molecule is CC[C@@]1(O)C(=O)OCc2c1cc1n(c2=O)Cc2c-1nc1cc(F)c(C)c3c1c2[C@@H](NC(=O)COCNC(=O)CNC(=O)OCc1ccc(NC(=O)[C@H](CCCNC(N)=O)NC(=O)[C@@H](NC(C)C)C(C)C)cc1)CC3. The number of anilines is 1. The highest BCUT2D eigenvalue weighted by Crippen LogP contribution is 2.46. The Bertz CT molecular complexity index is 2930. The molecular formula is C51H63FN10O12. The molecule has 0 spiro atoms. The number of nitrogens with zero attached hydrogens (tertiary/aromatic N) is 2. The number of carbonyl (C=O) groups excluding carboxylic acids is 7. The van der Waals surface area contributed by atoms with Crippen molar-refractivity contribution < 1.29 is 57.3 Å². The predicted octanol–water partition coefficient (Wildman–Crippen LogP) is 2.54. The fourth-order valence-corrected chi connectivity index (χ4v) is 9.52. The molecule has 7 amide bonds. The molecule has 2 aromatic carbocycles. The number of cyclic esters (lactones) is 1. The lowest BCUT2D eigenvalue weighted by atomic mass is 9.81. The van der Waals surface area contributed by atoms with E-state index in [1.807, 2.05) is 27.7 Å². The second-order valence-electron chi connectivity index (χ2n) is 19.2. The summed E-state index contributed by atoms with van der Waals surface area (Å²) in [5.74, 6) is -3.35. The van der Waals surface area contributed by atoms with E-state index in [2.05, 4.69) is 37.2 Å². The number of pyridine rings is 2. The van der Waals surface area contributed by atoms with E-state index in [0.717, 1.165) is 5.56 Å². The minimum atomic E-state index is -2.04. The van der Waals surface area contributed by atoms with Crippen molar-refractivity contribution in [2.24, 2.45) is 11.7 Å². The molecule has 74 heavy (non-hydrogen) atoms. The van der Waals surface area contributed by atoms with Crippen molar-refractivity contribution in [1.82, 2.24) is 41.5 Å². The van der Waals surface area contributed by atoms with E-state index in [4.69, 9.17) is 24.9 Å². The monoisotopic (exact) mass is 1030 g/mol. The number of urea groups is 1. The summed E-state index contributed by atoms with van der Waals surface area (Å²) in [4.78, 5) is 108. The number of alkyl carbamates (subject to hydrolysis) is 1. The van der Waals surface area contributed by atoms with Crippen LogP contribution in [0.5, 0.6) is 0 Å². The number of aliphatic hydroxyl groups is 1. The van der Waals surface area contributed by atoms with Gasteiger partial charge in [0.2, 0.25) is 23.6 Å². The molecule has 0 saturated carbocycles. The van der Waals surface area contributed by atoms with Crippen LogP contribution in [0.15, 0.2) is 41.2 Å². The minimum Gasteiger partial charge on any atom is -0.458 e. The predicted molar refractivity (Wildman–Crippen MR) is 266 cm³/mol. The van der Waals surface area contributed by atoms with Gasteiger partial charge in [-0.1, -0.05) is 46.8 Å². The van der Waals surface area contributed by atoms with Crippen molar-refractivity contribution in [1.29, 1.82) is 0 Å². The summed E-state index contributed by atoms with van der Waals surface area (Å²) >= 11 is 0. The van der Waals surface area contributed by atoms with Gasteiger partial charge < -0.3 is 66.8 Å². The van der Waals surface area contributed by atoms with E-state index in [1.54, 1.807) is 44.2 Å². The molecule has 2 aromatic heterocycles. The number of fused-ring (bicyclic) bond motifs is 5. The van der Waals surface area contributed by atoms with E-state index in [0.29, 0.717) is 69.5 Å². The second-order valence-corrected chi connectivity index (χ2v) is 19.2. The molecule has 0 fully saturated rings. The second kappa shape index (κ2) is 23.1. The molecule has 22 nitrogen and oxygen atoms in total. The largest absolute Gasteiger partial charge is 0.458 e. The van der Waals surface area contributed by atoms with Crippen LogP contribution in [0.1, 0.15) is 105 Å². The van der Waals surface area contributed by atoms with Gasteiger partial charge in [-0.15, -0.1) is 0 Å². The number of hydrogen-bond donors (Lipinski definition) is 9. The Hall–Kier alpha value is -7.50. The Kier molecular flexibility index (Phi) is 17.0. The van der Waals surface area contributed by atoms with Crippen LogP contribution in [0.2, 0.25) is 0 Å². The van der Waals surface area contributed by atoms with Gasteiger partial charge in [0.25, 0.3) is 5.56 Å². The van der Waals surface area contributed by atoms with Crippen molar-refractivity contribution >= 4 is 58.3 Å². The van der Waals surface area contributed by atoms with Crippen LogP contribution in [-0.2, 0) is 70.0 Å². The van der Waals surface area contributed by atoms with Gasteiger partial charge in [-0.05, 0) is 85.4 Å². The molecule has 23 heteroatoms. The maximum absolute atomic E-state index is 15.3. The maximum Gasteiger partial charge on any atom is 0.407 e. The van der Waals surface area contributed by atoms with Crippen molar-refractivity contribution in [3.05, 3.63) is 91.5 Å². The number of esters is 1. The zero-order valence-electron chi connectivity index (χ0n) is 42.1. The molecular weight excluding hydrogens is 964 g/mol. The normalized spacial score (nSPS) is 17.1. The molecule has 396 valence electrons. The number of benzene rings is 2. The summed E-state index contributed by atoms with van der Waals surface area (Å²) in [6.07, 6.45) is 0.455. The molecule has 0 radical (unpaired) electrons. The fourth-order valence-electron chi connectivity index (χ4n) is 9.52. The molecule has 7 rings (SSSR count). The lowest BCUT2D eigenvalue weighted by molar-refractivity contribution is -0.172. The Morgan fingerprint density at radius 2 is 1.73 bits per heavy atom. The number of amides is 7. The quantitative estimate of drug-likeness (QED) is 0.0290. The summed E-state index contributed by atoms with van der Waals surface area (Å²) in [5, 5.41) is 31.1. The molecule has 4 heterocycles. The van der Waals surface area contributed by atoms with Gasteiger partial charge in [0, 0.05) is 40.9 Å². The number of aromatic nitrogens is 2. The third kappa shape index (κ3) is 12.0. The van der Waals surface area contributed by atoms with Crippen LogP contribution in [0.4, 0.5) is 19.7 Å². The van der Waals surface area contributed by atoms with E-state index < -0.39 is 84.1 Å². The van der Waals surface area contributed by atoms with Gasteiger partial charge >= 0.3 is 18.1 Å². The summed E-state index contributed by atoms with van der Waals surface area (Å²) in [7, 11) is 0. The van der Waals surface area contributed by atoms with Gasteiger partial charge in [-0.2, -0.15) is 0 Å². The summed E-state index contributed by atoms with van der Waals surface area (Å²) in [5.41, 5.74) is 7.44.